The van der Waals surface area contributed by atoms with Crippen LogP contribution in [0.2, 0.25) is 0 Å². The van der Waals surface area contributed by atoms with E-state index in [4.69, 9.17) is 10.7 Å². The fourth-order valence-electron chi connectivity index (χ4n) is 2.28. The summed E-state index contributed by atoms with van der Waals surface area (Å²) in [4.78, 5) is 2.49. The first-order valence-electron chi connectivity index (χ1n) is 5.70. The van der Waals surface area contributed by atoms with Crippen LogP contribution in [-0.4, -0.2) is 31.9 Å². The summed E-state index contributed by atoms with van der Waals surface area (Å²) >= 11 is 0. The van der Waals surface area contributed by atoms with Gasteiger partial charge in [-0.15, -0.1) is 0 Å². The van der Waals surface area contributed by atoms with Crippen LogP contribution in [0.4, 0.5) is 0 Å². The van der Waals surface area contributed by atoms with Gasteiger partial charge in [-0.1, -0.05) is 13.0 Å². The highest BCUT2D eigenvalue weighted by atomic mass is 35.7. The molecule has 1 saturated heterocycles. The van der Waals surface area contributed by atoms with Gasteiger partial charge in [-0.2, -0.15) is 0 Å². The first kappa shape index (κ1) is 14.0. The molecule has 0 N–H and O–H groups in total. The van der Waals surface area contributed by atoms with Crippen molar-refractivity contribution in [2.45, 2.75) is 51.6 Å². The third-order valence-electron chi connectivity index (χ3n) is 3.14. The summed E-state index contributed by atoms with van der Waals surface area (Å²) in [6.07, 6.45) is 3.84. The summed E-state index contributed by atoms with van der Waals surface area (Å²) in [5.74, 6) is 0. The number of nitrogens with zero attached hydrogens (tertiary/aromatic N) is 1. The molecule has 16 heavy (non-hydrogen) atoms. The molecule has 0 aromatic heterocycles. The normalized spacial score (nSPS) is 23.6. The van der Waals surface area contributed by atoms with Gasteiger partial charge in [0, 0.05) is 22.8 Å². The Morgan fingerprint density at radius 1 is 1.50 bits per heavy atom. The molecule has 1 atom stereocenters. The van der Waals surface area contributed by atoms with Crippen molar-refractivity contribution in [3.05, 3.63) is 11.5 Å². The minimum absolute atomic E-state index is 0.145. The quantitative estimate of drug-likeness (QED) is 0.734. The topological polar surface area (TPSA) is 37.4 Å². The van der Waals surface area contributed by atoms with Gasteiger partial charge in [-0.25, -0.2) is 8.42 Å². The summed E-state index contributed by atoms with van der Waals surface area (Å²) in [7, 11) is 1.68. The van der Waals surface area contributed by atoms with Crippen LogP contribution in [0.3, 0.4) is 0 Å². The molecular weight excluding hydrogens is 246 g/mol. The Labute approximate surface area is 103 Å². The zero-order valence-corrected chi connectivity index (χ0v) is 11.5. The fourth-order valence-corrected chi connectivity index (χ4v) is 2.86. The third kappa shape index (κ3) is 3.75. The molecule has 94 valence electrons. The van der Waals surface area contributed by atoms with E-state index in [0.717, 1.165) is 19.4 Å². The Bertz CT molecular complexity index is 351. The van der Waals surface area contributed by atoms with Gasteiger partial charge in [0.15, 0.2) is 0 Å². The van der Waals surface area contributed by atoms with Gasteiger partial charge < -0.3 is 0 Å². The lowest BCUT2D eigenvalue weighted by Crippen LogP contribution is -2.44. The van der Waals surface area contributed by atoms with Crippen molar-refractivity contribution in [1.82, 2.24) is 4.90 Å². The Hall–Kier alpha value is -0.0600. The number of hydrogen-bond acceptors (Lipinski definition) is 3. The Balaban J connectivity index is 2.67. The van der Waals surface area contributed by atoms with Gasteiger partial charge in [0.2, 0.25) is 0 Å². The summed E-state index contributed by atoms with van der Waals surface area (Å²) < 4.78 is 22.3. The monoisotopic (exact) mass is 265 g/mol. The zero-order valence-electron chi connectivity index (χ0n) is 9.95. The van der Waals surface area contributed by atoms with Gasteiger partial charge >= 0.3 is 0 Å². The lowest BCUT2D eigenvalue weighted by molar-refractivity contribution is 0.112. The molecule has 1 aliphatic heterocycles. The molecule has 0 aromatic carbocycles. The number of rotatable bonds is 4. The van der Waals surface area contributed by atoms with Crippen molar-refractivity contribution in [3.8, 4) is 0 Å². The first-order valence-corrected chi connectivity index (χ1v) is 8.01. The molecule has 5 heteroatoms. The lowest BCUT2D eigenvalue weighted by Gasteiger charge is -2.38. The highest BCUT2D eigenvalue weighted by Crippen LogP contribution is 2.26. The summed E-state index contributed by atoms with van der Waals surface area (Å²) in [5, 5.41) is 0. The van der Waals surface area contributed by atoms with Gasteiger partial charge in [-0.05, 0) is 39.7 Å². The second-order valence-electron chi connectivity index (χ2n) is 4.66. The summed E-state index contributed by atoms with van der Waals surface area (Å²) in [6, 6.07) is 0.714. The molecule has 1 rings (SSSR count). The Morgan fingerprint density at radius 2 is 2.12 bits per heavy atom. The van der Waals surface area contributed by atoms with Crippen LogP contribution in [0, 0.1) is 0 Å². The van der Waals surface area contributed by atoms with Crippen molar-refractivity contribution < 1.29 is 8.42 Å². The van der Waals surface area contributed by atoms with E-state index >= 15 is 0 Å². The average Bonchev–Trinajstić information content (AvgIpc) is 2.16. The summed E-state index contributed by atoms with van der Waals surface area (Å²) in [5.41, 5.74) is 0. The highest BCUT2D eigenvalue weighted by molar-refractivity contribution is 8.16. The molecule has 1 fully saturated rings. The van der Waals surface area contributed by atoms with E-state index in [1.54, 1.807) is 0 Å². The zero-order chi connectivity index (χ0) is 12.3. The molecule has 0 radical (unpaired) electrons. The minimum Gasteiger partial charge on any atom is -0.298 e. The van der Waals surface area contributed by atoms with Crippen LogP contribution in [0.25, 0.3) is 0 Å². The second kappa shape index (κ2) is 5.52. The molecular formula is C11H20ClNO2S. The van der Waals surface area contributed by atoms with E-state index in [1.807, 2.05) is 0 Å². The third-order valence-corrected chi connectivity index (χ3v) is 4.66. The van der Waals surface area contributed by atoms with Gasteiger partial charge in [0.1, 0.15) is 0 Å². The van der Waals surface area contributed by atoms with Crippen LogP contribution in [0.5, 0.6) is 0 Å². The minimum atomic E-state index is -3.60. The highest BCUT2D eigenvalue weighted by Gasteiger charge is 2.27. The molecule has 0 amide bonds. The van der Waals surface area contributed by atoms with Crippen LogP contribution < -0.4 is 0 Å². The van der Waals surface area contributed by atoms with Crippen molar-refractivity contribution in [2.75, 3.05) is 6.54 Å². The first-order chi connectivity index (χ1) is 7.32. The predicted octanol–water partition coefficient (Wildman–Crippen LogP) is 2.72. The molecule has 1 heterocycles. The van der Waals surface area contributed by atoms with Crippen LogP contribution in [-0.2, 0) is 9.05 Å². The number of hydrogen-bond donors (Lipinski definition) is 0. The maximum Gasteiger partial charge on any atom is 0.256 e. The molecule has 0 spiro atoms. The van der Waals surface area contributed by atoms with E-state index < -0.39 is 9.05 Å². The number of likely N-dealkylation sites (tertiary alicyclic amines) is 1. The second-order valence-corrected chi connectivity index (χ2v) is 7.33. The lowest BCUT2D eigenvalue weighted by atomic mass is 9.98. The van der Waals surface area contributed by atoms with Crippen molar-refractivity contribution >= 4 is 19.7 Å². The number of piperidine rings is 1. The van der Waals surface area contributed by atoms with E-state index in [9.17, 15) is 8.42 Å². The summed E-state index contributed by atoms with van der Waals surface area (Å²) in [6.45, 7) is 8.88. The average molecular weight is 266 g/mol. The van der Waals surface area contributed by atoms with E-state index in [0.29, 0.717) is 12.5 Å². The molecule has 0 aliphatic carbocycles. The van der Waals surface area contributed by atoms with Gasteiger partial charge in [-0.3, -0.25) is 4.90 Å². The standard InChI is InChI=1S/C11H20ClNO2S/c1-9(2)13-7-5-4-6-11(13)8-10(3)16(12,14)15/h9,11H,3-8H2,1-2H3. The van der Waals surface area contributed by atoms with Crippen LogP contribution in [0.1, 0.15) is 39.5 Å². The van der Waals surface area contributed by atoms with Crippen LogP contribution in [0.15, 0.2) is 11.5 Å². The molecule has 0 aromatic rings. The molecule has 3 nitrogen and oxygen atoms in total. The van der Waals surface area contributed by atoms with Gasteiger partial charge in [0.25, 0.3) is 9.05 Å². The van der Waals surface area contributed by atoms with E-state index in [2.05, 4.69) is 25.3 Å². The van der Waals surface area contributed by atoms with Crippen molar-refractivity contribution in [3.63, 3.8) is 0 Å². The maximum atomic E-state index is 11.1. The SMILES string of the molecule is C=C(CC1CCCCN1C(C)C)S(=O)(=O)Cl. The predicted molar refractivity (Wildman–Crippen MR) is 68.0 cm³/mol. The molecule has 0 saturated carbocycles. The van der Waals surface area contributed by atoms with E-state index in [1.165, 1.54) is 6.42 Å². The van der Waals surface area contributed by atoms with Gasteiger partial charge in [0.05, 0.1) is 4.91 Å². The largest absolute Gasteiger partial charge is 0.298 e. The smallest absolute Gasteiger partial charge is 0.256 e. The van der Waals surface area contributed by atoms with Crippen molar-refractivity contribution in [2.24, 2.45) is 0 Å². The van der Waals surface area contributed by atoms with Crippen LogP contribution >= 0.6 is 10.7 Å². The fraction of sp³-hybridized carbons (Fsp3) is 0.818. The van der Waals surface area contributed by atoms with Crippen molar-refractivity contribution in [1.29, 1.82) is 0 Å². The Kier molecular flexibility index (Phi) is 4.83. The maximum absolute atomic E-state index is 11.1. The Morgan fingerprint density at radius 3 is 2.62 bits per heavy atom. The molecule has 1 unspecified atom stereocenters. The molecule has 0 bridgehead atoms. The molecule has 1 aliphatic rings. The van der Waals surface area contributed by atoms with E-state index in [-0.39, 0.29) is 10.9 Å². The number of halogens is 1.